The molecule has 0 saturated carbocycles. The van der Waals surface area contributed by atoms with Crippen LogP contribution in [0.5, 0.6) is 0 Å². The van der Waals surface area contributed by atoms with Crippen LogP contribution in [0.15, 0.2) is 36.9 Å². The lowest BCUT2D eigenvalue weighted by Gasteiger charge is -2.21. The van der Waals surface area contributed by atoms with Gasteiger partial charge in [-0.3, -0.25) is 18.2 Å². The number of anilines is 2. The number of hydrogen-bond acceptors (Lipinski definition) is 18. The molecule has 0 amide bonds. The molecule has 6 N–H and O–H groups in total. The molecule has 0 unspecified atom stereocenters. The van der Waals surface area contributed by atoms with Gasteiger partial charge in [0.05, 0.1) is 24.4 Å². The molecule has 0 fully saturated rings. The van der Waals surface area contributed by atoms with Gasteiger partial charge in [0.1, 0.15) is 36.4 Å². The Morgan fingerprint density at radius 2 is 1.11 bits per heavy atom. The second-order valence-corrected chi connectivity index (χ2v) is 15.6. The van der Waals surface area contributed by atoms with Gasteiger partial charge in [0.25, 0.3) is 0 Å². The molecular formula is C30H46N8O14P2. The van der Waals surface area contributed by atoms with Gasteiger partial charge in [0.15, 0.2) is 11.6 Å². The van der Waals surface area contributed by atoms with Crippen molar-refractivity contribution in [2.45, 2.75) is 78.8 Å². The van der Waals surface area contributed by atoms with Gasteiger partial charge in [-0.1, -0.05) is 0 Å². The van der Waals surface area contributed by atoms with Crippen molar-refractivity contribution in [1.82, 2.24) is 29.2 Å². The molecule has 4 rings (SSSR count). The molecule has 0 aliphatic carbocycles. The molecule has 22 nitrogen and oxygen atoms in total. The number of carbonyl (C=O) groups is 2. The van der Waals surface area contributed by atoms with Gasteiger partial charge in [0.2, 0.25) is 13.6 Å². The number of rotatable bonds is 18. The summed E-state index contributed by atoms with van der Waals surface area (Å²) in [5, 5.41) is 8.24. The first-order chi connectivity index (χ1) is 25.4. The molecule has 4 heterocycles. The van der Waals surface area contributed by atoms with Crippen LogP contribution in [0, 0.1) is 0 Å². The highest BCUT2D eigenvalue weighted by Gasteiger charge is 2.29. The van der Waals surface area contributed by atoms with Crippen molar-refractivity contribution < 1.29 is 66.0 Å². The van der Waals surface area contributed by atoms with E-state index in [1.54, 1.807) is 62.7 Å². The van der Waals surface area contributed by atoms with E-state index in [0.29, 0.717) is 35.5 Å². The normalized spacial score (nSPS) is 13.1. The number of carbonyl (C=O) groups excluding carboxylic acids is 2. The van der Waals surface area contributed by atoms with E-state index in [-0.39, 0.29) is 6.10 Å². The maximum Gasteiger partial charge on any atom is 0.510 e. The van der Waals surface area contributed by atoms with Crippen molar-refractivity contribution in [2.24, 2.45) is 0 Å². The van der Waals surface area contributed by atoms with Crippen LogP contribution >= 0.6 is 15.2 Å². The summed E-state index contributed by atoms with van der Waals surface area (Å²) in [5.41, 5.74) is 14.5. The van der Waals surface area contributed by atoms with Gasteiger partial charge in [0, 0.05) is 24.2 Å². The minimum absolute atomic E-state index is 0.332. The van der Waals surface area contributed by atoms with Crippen LogP contribution in [0.3, 0.4) is 0 Å². The van der Waals surface area contributed by atoms with Gasteiger partial charge in [-0.25, -0.2) is 28.6 Å². The highest BCUT2D eigenvalue weighted by Crippen LogP contribution is 2.48. The minimum atomic E-state index is -4.14. The number of nitrogens with zero attached hydrogens (tertiary/aromatic N) is 6. The Kier molecular flexibility index (Phi) is 16.6. The third-order valence-corrected chi connectivity index (χ3v) is 8.62. The van der Waals surface area contributed by atoms with E-state index in [1.165, 1.54) is 12.7 Å². The number of hydrogen-bond donors (Lipinski definition) is 4. The lowest BCUT2D eigenvalue weighted by Crippen LogP contribution is -2.19. The lowest BCUT2D eigenvalue weighted by atomic mass is 10.2. The first-order valence-electron chi connectivity index (χ1n) is 16.3. The first-order valence-corrected chi connectivity index (χ1v) is 19.8. The molecule has 54 heavy (non-hydrogen) atoms. The van der Waals surface area contributed by atoms with Crippen LogP contribution < -0.4 is 11.5 Å². The van der Waals surface area contributed by atoms with E-state index in [2.05, 4.69) is 20.2 Å². The molecule has 24 heteroatoms. The van der Waals surface area contributed by atoms with Gasteiger partial charge in [-0.2, -0.15) is 10.2 Å². The molecule has 4 aromatic rings. The molecule has 0 aliphatic rings. The zero-order chi connectivity index (χ0) is 40.1. The maximum atomic E-state index is 13.1. The molecule has 0 radical (unpaired) electrons. The third kappa shape index (κ3) is 14.8. The van der Waals surface area contributed by atoms with Crippen molar-refractivity contribution in [1.29, 1.82) is 0 Å². The minimum Gasteiger partial charge on any atom is -0.432 e. The SMILES string of the molecule is CC(C)OC(=O)OCOP(=O)(CO[C@H](C)Cc1ccc2c(N)ncnn12)OCOC(=O)OC(C)C.C[C@H](Cc1ccc2c(N)ncnn12)OCP(=O)(O)O. The summed E-state index contributed by atoms with van der Waals surface area (Å²) in [6.07, 6.45) is -1.27. The lowest BCUT2D eigenvalue weighted by molar-refractivity contribution is -0.0365. The number of nitrogen functional groups attached to an aromatic ring is 2. The van der Waals surface area contributed by atoms with E-state index in [4.69, 9.17) is 58.7 Å². The first kappa shape index (κ1) is 44.0. The summed E-state index contributed by atoms with van der Waals surface area (Å²) >= 11 is 0. The predicted molar refractivity (Wildman–Crippen MR) is 190 cm³/mol. The van der Waals surface area contributed by atoms with Crippen molar-refractivity contribution in [3.63, 3.8) is 0 Å². The smallest absolute Gasteiger partial charge is 0.432 e. The monoisotopic (exact) mass is 804 g/mol. The molecule has 2 atom stereocenters. The van der Waals surface area contributed by atoms with Crippen LogP contribution in [0.25, 0.3) is 11.0 Å². The molecule has 0 bridgehead atoms. The van der Waals surface area contributed by atoms with Gasteiger partial charge < -0.3 is 49.7 Å². The van der Waals surface area contributed by atoms with Crippen LogP contribution in [0.4, 0.5) is 21.2 Å². The molecule has 0 saturated heterocycles. The van der Waals surface area contributed by atoms with Gasteiger partial charge in [-0.15, -0.1) is 0 Å². The fourth-order valence-electron chi connectivity index (χ4n) is 4.35. The van der Waals surface area contributed by atoms with E-state index in [1.807, 2.05) is 12.1 Å². The van der Waals surface area contributed by atoms with Crippen molar-refractivity contribution >= 4 is 50.2 Å². The molecule has 0 spiro atoms. The number of aromatic nitrogens is 6. The van der Waals surface area contributed by atoms with E-state index in [9.17, 15) is 18.7 Å². The predicted octanol–water partition coefficient (Wildman–Crippen LogP) is 3.88. The summed E-state index contributed by atoms with van der Waals surface area (Å²) in [7, 11) is -8.18. The van der Waals surface area contributed by atoms with Crippen LogP contribution in [0.1, 0.15) is 52.9 Å². The molecule has 4 aromatic heterocycles. The second kappa shape index (κ2) is 20.3. The fraction of sp³-hybridized carbons (Fsp3) is 0.533. The largest absolute Gasteiger partial charge is 0.510 e. The molecule has 0 aliphatic heterocycles. The zero-order valence-corrected chi connectivity index (χ0v) is 32.3. The Hall–Kier alpha value is -4.40. The highest BCUT2D eigenvalue weighted by atomic mass is 31.2. The highest BCUT2D eigenvalue weighted by molar-refractivity contribution is 7.53. The molecule has 300 valence electrons. The Morgan fingerprint density at radius 3 is 1.50 bits per heavy atom. The Balaban J connectivity index is 0.000000345. The van der Waals surface area contributed by atoms with Crippen LogP contribution in [-0.4, -0.2) is 102 Å². The van der Waals surface area contributed by atoms with E-state index < -0.39 is 72.1 Å². The molecule has 0 aromatic carbocycles. The van der Waals surface area contributed by atoms with Gasteiger partial charge in [-0.05, 0) is 65.8 Å². The van der Waals surface area contributed by atoms with Gasteiger partial charge >= 0.3 is 27.5 Å². The topological polar surface area (TPSA) is 295 Å². The number of ether oxygens (including phenoxy) is 6. The number of fused-ring (bicyclic) bond motifs is 2. The summed E-state index contributed by atoms with van der Waals surface area (Å²) in [6.45, 7) is 8.52. The fourth-order valence-corrected chi connectivity index (χ4v) is 5.88. The summed E-state index contributed by atoms with van der Waals surface area (Å²) in [6, 6.07) is 7.21. The van der Waals surface area contributed by atoms with E-state index in [0.717, 1.165) is 11.4 Å². The standard InChI is InChI=1S/C20H31N4O10P.C10H15N4O4P/c1-13(2)33-19(25)28-10-31-35(27,32-11-29-20(26)34-14(3)4)12-30-15(5)8-16-6-7-17-18(21)22-9-23-24(16)17;1-7(18-6-19(15,16)17)4-8-2-3-9-10(11)12-5-13-14(8)9/h6-7,9,13-15H,8,10-12H2,1-5H3,(H2,21,22,23);2-3,5,7H,4,6H2,1H3,(H2,11,12,13)(H2,15,16,17)/t15-;7-/m11/s1. The summed E-state index contributed by atoms with van der Waals surface area (Å²) < 4.78 is 67.2. The number of nitrogens with two attached hydrogens (primary N) is 2. The van der Waals surface area contributed by atoms with Crippen molar-refractivity contribution in [2.75, 3.05) is 37.7 Å². The third-order valence-electron chi connectivity index (χ3n) is 6.67. The zero-order valence-electron chi connectivity index (χ0n) is 30.5. The van der Waals surface area contributed by atoms with Crippen LogP contribution in [-0.2, 0) is 59.4 Å². The maximum absolute atomic E-state index is 13.1. The average molecular weight is 805 g/mol. The van der Waals surface area contributed by atoms with Crippen molar-refractivity contribution in [3.8, 4) is 0 Å². The average Bonchev–Trinajstić information content (AvgIpc) is 3.68. The summed E-state index contributed by atoms with van der Waals surface area (Å²) in [4.78, 5) is 48.4. The quantitative estimate of drug-likeness (QED) is 0.0630. The second-order valence-electron chi connectivity index (χ2n) is 12.0. The molecular weight excluding hydrogens is 758 g/mol. The van der Waals surface area contributed by atoms with Crippen LogP contribution in [0.2, 0.25) is 0 Å². The van der Waals surface area contributed by atoms with Crippen molar-refractivity contribution in [3.05, 3.63) is 48.3 Å². The Labute approximate surface area is 310 Å². The van der Waals surface area contributed by atoms with E-state index >= 15 is 0 Å². The summed E-state index contributed by atoms with van der Waals surface area (Å²) in [5.74, 6) is 0.711. The Morgan fingerprint density at radius 1 is 0.704 bits per heavy atom. The Bertz CT molecular complexity index is 1890.